The Hall–Kier alpha value is -0.710. The highest BCUT2D eigenvalue weighted by Gasteiger charge is 2.31. The number of anilines is 1. The number of thioether (sulfide) groups is 1. The van der Waals surface area contributed by atoms with Gasteiger partial charge in [0.25, 0.3) is 0 Å². The quantitative estimate of drug-likeness (QED) is 0.841. The van der Waals surface area contributed by atoms with E-state index in [-0.39, 0.29) is 16.9 Å². The van der Waals surface area contributed by atoms with Crippen LogP contribution in [0.15, 0.2) is 12.1 Å². The van der Waals surface area contributed by atoms with Crippen molar-refractivity contribution >= 4 is 51.7 Å². The maximum Gasteiger partial charge on any atom is 0.227 e. The first-order valence-electron chi connectivity index (χ1n) is 6.28. The van der Waals surface area contributed by atoms with E-state index < -0.39 is 0 Å². The Balaban J connectivity index is 2.16. The first-order chi connectivity index (χ1) is 9.38. The lowest BCUT2D eigenvalue weighted by Crippen LogP contribution is -2.25. The molecule has 2 rings (SSSR count). The molecule has 0 aliphatic carbocycles. The van der Waals surface area contributed by atoms with E-state index in [1.54, 1.807) is 24.0 Å². The zero-order chi connectivity index (χ0) is 14.9. The van der Waals surface area contributed by atoms with E-state index in [1.165, 1.54) is 11.8 Å². The van der Waals surface area contributed by atoms with Gasteiger partial charge in [-0.1, -0.05) is 35.0 Å². The summed E-state index contributed by atoms with van der Waals surface area (Å²) in [6, 6.07) is 3.50. The number of hydrogen-bond acceptors (Lipinski definition) is 3. The van der Waals surface area contributed by atoms with E-state index in [9.17, 15) is 9.59 Å². The molecular weight excluding hydrogens is 317 g/mol. The summed E-state index contributed by atoms with van der Waals surface area (Å²) < 4.78 is 0. The van der Waals surface area contributed by atoms with Gasteiger partial charge in [-0.3, -0.25) is 9.59 Å². The van der Waals surface area contributed by atoms with Gasteiger partial charge in [-0.25, -0.2) is 0 Å². The van der Waals surface area contributed by atoms with Crippen molar-refractivity contribution in [2.45, 2.75) is 20.3 Å². The summed E-state index contributed by atoms with van der Waals surface area (Å²) in [6.07, 6.45) is 0.472. The van der Waals surface area contributed by atoms with E-state index in [2.05, 4.69) is 0 Å². The third kappa shape index (κ3) is 3.48. The third-order valence-electron chi connectivity index (χ3n) is 3.26. The number of hydrogen-bond donors (Lipinski definition) is 0. The molecule has 1 amide bonds. The molecule has 1 unspecified atom stereocenters. The molecule has 1 saturated heterocycles. The summed E-state index contributed by atoms with van der Waals surface area (Å²) in [6.45, 7) is 4.07. The van der Waals surface area contributed by atoms with Crippen molar-refractivity contribution in [2.24, 2.45) is 5.92 Å². The van der Waals surface area contributed by atoms with Crippen molar-refractivity contribution in [1.29, 1.82) is 0 Å². The Kier molecular flexibility index (Phi) is 4.99. The largest absolute Gasteiger partial charge is 0.312 e. The number of nitrogens with zero attached hydrogens (tertiary/aromatic N) is 1. The molecule has 1 aliphatic heterocycles. The average molecular weight is 332 g/mol. The summed E-state index contributed by atoms with van der Waals surface area (Å²) in [5.41, 5.74) is 1.73. The fourth-order valence-corrected chi connectivity index (χ4v) is 3.36. The molecule has 108 valence electrons. The van der Waals surface area contributed by atoms with Crippen LogP contribution in [-0.2, 0) is 9.59 Å². The van der Waals surface area contributed by atoms with E-state index in [1.807, 2.05) is 6.92 Å². The van der Waals surface area contributed by atoms with Crippen molar-refractivity contribution in [3.63, 3.8) is 0 Å². The Morgan fingerprint density at radius 3 is 2.70 bits per heavy atom. The van der Waals surface area contributed by atoms with Crippen LogP contribution in [0.5, 0.6) is 0 Å². The minimum atomic E-state index is 0.0700. The van der Waals surface area contributed by atoms with Gasteiger partial charge < -0.3 is 4.90 Å². The van der Waals surface area contributed by atoms with E-state index in [4.69, 9.17) is 23.2 Å². The second-order valence-electron chi connectivity index (χ2n) is 4.93. The van der Waals surface area contributed by atoms with Crippen LogP contribution in [0.2, 0.25) is 10.0 Å². The molecule has 1 aromatic rings. The van der Waals surface area contributed by atoms with Gasteiger partial charge >= 0.3 is 0 Å². The molecule has 6 heteroatoms. The zero-order valence-corrected chi connectivity index (χ0v) is 13.6. The smallest absolute Gasteiger partial charge is 0.227 e. The van der Waals surface area contributed by atoms with Crippen molar-refractivity contribution in [1.82, 2.24) is 0 Å². The summed E-state index contributed by atoms with van der Waals surface area (Å²) in [5.74, 6) is 0.948. The topological polar surface area (TPSA) is 37.4 Å². The number of benzene rings is 1. The molecule has 0 radical (unpaired) electrons. The van der Waals surface area contributed by atoms with Crippen LogP contribution in [-0.4, -0.2) is 23.3 Å². The molecule has 0 N–H and O–H groups in total. The predicted molar refractivity (Wildman–Crippen MR) is 84.8 cm³/mol. The molecule has 0 saturated carbocycles. The molecule has 1 fully saturated rings. The van der Waals surface area contributed by atoms with Gasteiger partial charge in [-0.05, 0) is 30.5 Å². The Bertz CT molecular complexity index is 562. The first kappa shape index (κ1) is 15.7. The highest BCUT2D eigenvalue weighted by atomic mass is 35.5. The molecule has 1 heterocycles. The lowest BCUT2D eigenvalue weighted by atomic mass is 10.1. The fourth-order valence-electron chi connectivity index (χ4n) is 2.29. The van der Waals surface area contributed by atoms with Gasteiger partial charge in [0.1, 0.15) is 0 Å². The highest BCUT2D eigenvalue weighted by molar-refractivity contribution is 8.13. The zero-order valence-electron chi connectivity index (χ0n) is 11.3. The standard InChI is InChI=1S/C14H15Cl2NO2S/c1-8-3-11(15)12(16)5-13(8)17-6-10(4-14(17)19)7-20-9(2)18/h3,5,10H,4,6-7H2,1-2H3. The van der Waals surface area contributed by atoms with Crippen molar-refractivity contribution < 1.29 is 9.59 Å². The van der Waals surface area contributed by atoms with Gasteiger partial charge in [-0.2, -0.15) is 0 Å². The normalized spacial score (nSPS) is 18.7. The van der Waals surface area contributed by atoms with Gasteiger partial charge in [0.15, 0.2) is 5.12 Å². The minimum absolute atomic E-state index is 0.0700. The summed E-state index contributed by atoms with van der Waals surface area (Å²) in [4.78, 5) is 24.9. The maximum atomic E-state index is 12.1. The number of aryl methyl sites for hydroxylation is 1. The second kappa shape index (κ2) is 6.37. The third-order valence-corrected chi connectivity index (χ3v) is 5.02. The van der Waals surface area contributed by atoms with Crippen LogP contribution < -0.4 is 4.90 Å². The van der Waals surface area contributed by atoms with Gasteiger partial charge in [0.05, 0.1) is 10.0 Å². The van der Waals surface area contributed by atoms with Crippen molar-refractivity contribution in [3.05, 3.63) is 27.7 Å². The highest BCUT2D eigenvalue weighted by Crippen LogP contribution is 2.34. The van der Waals surface area contributed by atoms with Crippen molar-refractivity contribution in [3.8, 4) is 0 Å². The van der Waals surface area contributed by atoms with Crippen molar-refractivity contribution in [2.75, 3.05) is 17.2 Å². The summed E-state index contributed by atoms with van der Waals surface area (Å²) in [5, 5.41) is 1.02. The lowest BCUT2D eigenvalue weighted by Gasteiger charge is -2.20. The number of amides is 1. The maximum absolute atomic E-state index is 12.1. The molecule has 0 bridgehead atoms. The van der Waals surface area contributed by atoms with Crippen LogP contribution >= 0.6 is 35.0 Å². The average Bonchev–Trinajstić information content (AvgIpc) is 2.72. The van der Waals surface area contributed by atoms with E-state index in [0.717, 1.165) is 11.3 Å². The molecular formula is C14H15Cl2NO2S. The van der Waals surface area contributed by atoms with Gasteiger partial charge in [-0.15, -0.1) is 0 Å². The van der Waals surface area contributed by atoms with Crippen LogP contribution in [0.1, 0.15) is 18.9 Å². The molecule has 0 spiro atoms. The number of carbonyl (C=O) groups is 2. The lowest BCUT2D eigenvalue weighted by molar-refractivity contribution is -0.117. The van der Waals surface area contributed by atoms with E-state index >= 15 is 0 Å². The van der Waals surface area contributed by atoms with Crippen LogP contribution in [0.25, 0.3) is 0 Å². The Morgan fingerprint density at radius 1 is 1.40 bits per heavy atom. The Labute approximate surface area is 132 Å². The minimum Gasteiger partial charge on any atom is -0.312 e. The number of rotatable bonds is 3. The summed E-state index contributed by atoms with van der Waals surface area (Å²) in [7, 11) is 0. The first-order valence-corrected chi connectivity index (χ1v) is 8.02. The number of halogens is 2. The summed E-state index contributed by atoms with van der Waals surface area (Å²) >= 11 is 13.3. The second-order valence-corrected chi connectivity index (χ2v) is 6.94. The fraction of sp³-hybridized carbons (Fsp3) is 0.429. The van der Waals surface area contributed by atoms with E-state index in [0.29, 0.717) is 28.8 Å². The van der Waals surface area contributed by atoms with Crippen LogP contribution in [0.3, 0.4) is 0 Å². The number of carbonyl (C=O) groups excluding carboxylic acids is 2. The Morgan fingerprint density at radius 2 is 2.05 bits per heavy atom. The SMILES string of the molecule is CC(=O)SCC1CC(=O)N(c2cc(Cl)c(Cl)cc2C)C1. The van der Waals surface area contributed by atoms with Crippen LogP contribution in [0, 0.1) is 12.8 Å². The molecule has 20 heavy (non-hydrogen) atoms. The molecule has 1 aromatic carbocycles. The predicted octanol–water partition coefficient (Wildman–Crippen LogP) is 3.93. The molecule has 0 aromatic heterocycles. The van der Waals surface area contributed by atoms with Gasteiger partial charge in [0, 0.05) is 31.3 Å². The monoisotopic (exact) mass is 331 g/mol. The molecule has 1 atom stereocenters. The molecule has 1 aliphatic rings. The van der Waals surface area contributed by atoms with Gasteiger partial charge in [0.2, 0.25) is 5.91 Å². The van der Waals surface area contributed by atoms with Crippen LogP contribution in [0.4, 0.5) is 5.69 Å². The molecule has 3 nitrogen and oxygen atoms in total.